The van der Waals surface area contributed by atoms with Crippen molar-refractivity contribution >= 4 is 17.4 Å². The fraction of sp³-hybridized carbons (Fsp3) is 0.478. The van der Waals surface area contributed by atoms with Crippen LogP contribution >= 0.6 is 0 Å². The van der Waals surface area contributed by atoms with Gasteiger partial charge in [0.2, 0.25) is 0 Å². The van der Waals surface area contributed by atoms with Gasteiger partial charge >= 0.3 is 12.1 Å². The van der Waals surface area contributed by atoms with Gasteiger partial charge in [0.25, 0.3) is 0 Å². The first-order valence-electron chi connectivity index (χ1n) is 11.4. The maximum Gasteiger partial charge on any atom is 0.490 e. The van der Waals surface area contributed by atoms with Gasteiger partial charge in [-0.3, -0.25) is 0 Å². The minimum atomic E-state index is -5.08. The van der Waals surface area contributed by atoms with Gasteiger partial charge in [-0.05, 0) is 50.9 Å². The van der Waals surface area contributed by atoms with E-state index in [4.69, 9.17) is 15.0 Å². The second-order valence-electron chi connectivity index (χ2n) is 8.47. The van der Waals surface area contributed by atoms with Gasteiger partial charge in [-0.2, -0.15) is 17.7 Å². The summed E-state index contributed by atoms with van der Waals surface area (Å²) in [6.07, 6.45) is 1.52. The third kappa shape index (κ3) is 5.64. The summed E-state index contributed by atoms with van der Waals surface area (Å²) in [6.45, 7) is 4.72. The number of aromatic nitrogens is 4. The Kier molecular flexibility index (Phi) is 7.30. The van der Waals surface area contributed by atoms with Crippen LogP contribution in [0.25, 0.3) is 17.0 Å². The summed E-state index contributed by atoms with van der Waals surface area (Å²) in [5, 5.41) is 20.6. The number of carbonyl (C=O) groups is 1. The SMILES string of the molecule is O=C(O)C(F)(F)F.c1ccc(-c2nnc3ccc(N4CCC(N5CCCCC5)CC4)nn23)cc1. The van der Waals surface area contributed by atoms with Crippen molar-refractivity contribution in [3.8, 4) is 11.4 Å². The number of nitrogens with zero attached hydrogens (tertiary/aromatic N) is 6. The topological polar surface area (TPSA) is 86.9 Å². The molecule has 2 fully saturated rings. The largest absolute Gasteiger partial charge is 0.490 e. The molecule has 2 aliphatic rings. The van der Waals surface area contributed by atoms with Gasteiger partial charge < -0.3 is 14.9 Å². The zero-order chi connectivity index (χ0) is 24.1. The monoisotopic (exact) mass is 476 g/mol. The number of fused-ring (bicyclic) bond motifs is 1. The predicted molar refractivity (Wildman–Crippen MR) is 121 cm³/mol. The van der Waals surface area contributed by atoms with Crippen LogP contribution < -0.4 is 4.90 Å². The molecular weight excluding hydrogens is 449 g/mol. The van der Waals surface area contributed by atoms with Crippen LogP contribution in [0.1, 0.15) is 32.1 Å². The van der Waals surface area contributed by atoms with Crippen molar-refractivity contribution in [2.75, 3.05) is 31.1 Å². The molecule has 0 spiro atoms. The fourth-order valence-electron chi connectivity index (χ4n) is 4.46. The van der Waals surface area contributed by atoms with E-state index >= 15 is 0 Å². The van der Waals surface area contributed by atoms with E-state index in [0.29, 0.717) is 0 Å². The molecule has 0 amide bonds. The number of hydrogen-bond donors (Lipinski definition) is 1. The molecule has 34 heavy (non-hydrogen) atoms. The maximum absolute atomic E-state index is 10.6. The number of benzene rings is 1. The van der Waals surface area contributed by atoms with Crippen molar-refractivity contribution in [1.82, 2.24) is 24.7 Å². The number of halogens is 3. The Bertz CT molecular complexity index is 1090. The molecule has 2 aromatic heterocycles. The van der Waals surface area contributed by atoms with E-state index in [1.54, 1.807) is 0 Å². The van der Waals surface area contributed by atoms with E-state index in [-0.39, 0.29) is 0 Å². The molecule has 8 nitrogen and oxygen atoms in total. The molecule has 0 aliphatic carbocycles. The van der Waals surface area contributed by atoms with Gasteiger partial charge in [0.05, 0.1) is 0 Å². The summed E-state index contributed by atoms with van der Waals surface area (Å²) in [5.41, 5.74) is 1.83. The van der Waals surface area contributed by atoms with Crippen LogP contribution in [0.5, 0.6) is 0 Å². The van der Waals surface area contributed by atoms with Crippen LogP contribution in [0.3, 0.4) is 0 Å². The highest BCUT2D eigenvalue weighted by Crippen LogP contribution is 2.25. The number of carboxylic acid groups (broad SMARTS) is 1. The van der Waals surface area contributed by atoms with Crippen LogP contribution in [0.4, 0.5) is 19.0 Å². The number of carboxylic acids is 1. The standard InChI is InChI=1S/C21H26N6.C2HF3O2/c1-3-7-17(8-4-1)21-23-22-19-9-10-20(24-27(19)21)26-15-11-18(12-16-26)25-13-5-2-6-14-25;3-2(4,5)1(6)7/h1,3-4,7-10,18H,2,5-6,11-16H2;(H,6,7). The van der Waals surface area contributed by atoms with Gasteiger partial charge in [0.15, 0.2) is 11.5 Å². The van der Waals surface area contributed by atoms with E-state index in [1.165, 1.54) is 45.2 Å². The summed E-state index contributed by atoms with van der Waals surface area (Å²) in [7, 11) is 0. The number of likely N-dealkylation sites (tertiary alicyclic amines) is 1. The molecule has 4 heterocycles. The van der Waals surface area contributed by atoms with Gasteiger partial charge in [-0.25, -0.2) is 4.79 Å². The van der Waals surface area contributed by atoms with E-state index in [1.807, 2.05) is 28.8 Å². The molecule has 0 radical (unpaired) electrons. The molecule has 3 aromatic rings. The number of aliphatic carboxylic acids is 1. The maximum atomic E-state index is 10.6. The van der Waals surface area contributed by atoms with Crippen LogP contribution in [-0.2, 0) is 4.79 Å². The Morgan fingerprint density at radius 3 is 2.18 bits per heavy atom. The normalized spacial score (nSPS) is 17.9. The second-order valence-corrected chi connectivity index (χ2v) is 8.47. The average molecular weight is 477 g/mol. The Balaban J connectivity index is 0.000000344. The molecule has 0 bridgehead atoms. The highest BCUT2D eigenvalue weighted by atomic mass is 19.4. The van der Waals surface area contributed by atoms with Crippen molar-refractivity contribution in [3.05, 3.63) is 42.5 Å². The quantitative estimate of drug-likeness (QED) is 0.614. The van der Waals surface area contributed by atoms with E-state index in [2.05, 4.69) is 38.2 Å². The van der Waals surface area contributed by atoms with Gasteiger partial charge in [0, 0.05) is 24.7 Å². The number of anilines is 1. The molecule has 1 N–H and O–H groups in total. The Hall–Kier alpha value is -3.21. The van der Waals surface area contributed by atoms with E-state index < -0.39 is 12.1 Å². The van der Waals surface area contributed by atoms with Crippen molar-refractivity contribution in [3.63, 3.8) is 0 Å². The van der Waals surface area contributed by atoms with Crippen molar-refractivity contribution in [2.45, 2.75) is 44.3 Å². The van der Waals surface area contributed by atoms with E-state index in [9.17, 15) is 13.2 Å². The van der Waals surface area contributed by atoms with Crippen LogP contribution in [-0.4, -0.2) is 74.2 Å². The van der Waals surface area contributed by atoms with E-state index in [0.717, 1.165) is 42.0 Å². The smallest absolute Gasteiger partial charge is 0.475 e. The summed E-state index contributed by atoms with van der Waals surface area (Å²) >= 11 is 0. The Labute approximate surface area is 195 Å². The van der Waals surface area contributed by atoms with Gasteiger partial charge in [0.1, 0.15) is 5.82 Å². The lowest BCUT2D eigenvalue weighted by Crippen LogP contribution is -2.47. The fourth-order valence-corrected chi connectivity index (χ4v) is 4.46. The lowest BCUT2D eigenvalue weighted by Gasteiger charge is -2.40. The van der Waals surface area contributed by atoms with Crippen molar-refractivity contribution < 1.29 is 23.1 Å². The highest BCUT2D eigenvalue weighted by Gasteiger charge is 2.38. The number of rotatable bonds is 3. The number of piperidine rings is 2. The zero-order valence-corrected chi connectivity index (χ0v) is 18.7. The first kappa shape index (κ1) is 23.9. The summed E-state index contributed by atoms with van der Waals surface area (Å²) in [5.74, 6) is -0.931. The lowest BCUT2D eigenvalue weighted by molar-refractivity contribution is -0.192. The van der Waals surface area contributed by atoms with Gasteiger partial charge in [-0.15, -0.1) is 15.3 Å². The van der Waals surface area contributed by atoms with Crippen molar-refractivity contribution in [2.24, 2.45) is 0 Å². The summed E-state index contributed by atoms with van der Waals surface area (Å²) in [6, 6.07) is 15.0. The van der Waals surface area contributed by atoms with Gasteiger partial charge in [-0.1, -0.05) is 36.8 Å². The molecular formula is C23H27F3N6O2. The van der Waals surface area contributed by atoms with Crippen molar-refractivity contribution in [1.29, 1.82) is 0 Å². The van der Waals surface area contributed by atoms with Crippen LogP contribution in [0.15, 0.2) is 42.5 Å². The molecule has 1 aromatic carbocycles. The minimum absolute atomic E-state index is 0.750. The van der Waals surface area contributed by atoms with Crippen LogP contribution in [0, 0.1) is 0 Å². The number of hydrogen-bond acceptors (Lipinski definition) is 6. The second kappa shape index (κ2) is 10.4. The average Bonchev–Trinajstić information content (AvgIpc) is 3.28. The molecule has 182 valence electrons. The summed E-state index contributed by atoms with van der Waals surface area (Å²) < 4.78 is 33.6. The highest BCUT2D eigenvalue weighted by molar-refractivity contribution is 5.73. The summed E-state index contributed by atoms with van der Waals surface area (Å²) in [4.78, 5) is 14.0. The third-order valence-corrected chi connectivity index (χ3v) is 6.22. The predicted octanol–water partition coefficient (Wildman–Crippen LogP) is 3.88. The number of alkyl halides is 3. The first-order chi connectivity index (χ1) is 16.3. The minimum Gasteiger partial charge on any atom is -0.475 e. The zero-order valence-electron chi connectivity index (χ0n) is 18.7. The molecule has 0 saturated carbocycles. The molecule has 2 aliphatic heterocycles. The molecule has 0 atom stereocenters. The molecule has 5 rings (SSSR count). The molecule has 11 heteroatoms. The Morgan fingerprint density at radius 2 is 1.56 bits per heavy atom. The lowest BCUT2D eigenvalue weighted by atomic mass is 10.00. The van der Waals surface area contributed by atoms with Crippen LogP contribution in [0.2, 0.25) is 0 Å². The molecule has 2 saturated heterocycles. The molecule has 0 unspecified atom stereocenters. The third-order valence-electron chi connectivity index (χ3n) is 6.22. The first-order valence-corrected chi connectivity index (χ1v) is 11.4. The Morgan fingerprint density at radius 1 is 0.912 bits per heavy atom.